The molecule has 0 aliphatic carbocycles. The Balaban J connectivity index is 1.97. The number of rotatable bonds is 7. The molecule has 0 aliphatic rings. The fourth-order valence-electron chi connectivity index (χ4n) is 2.08. The third kappa shape index (κ3) is 4.50. The predicted molar refractivity (Wildman–Crippen MR) is 87.3 cm³/mol. The van der Waals surface area contributed by atoms with Gasteiger partial charge in [0, 0.05) is 11.1 Å². The molecule has 0 heterocycles. The van der Waals surface area contributed by atoms with Crippen LogP contribution in [0.2, 0.25) is 5.02 Å². The molecule has 0 fully saturated rings. The summed E-state index contributed by atoms with van der Waals surface area (Å²) >= 11 is 5.92. The summed E-state index contributed by atoms with van der Waals surface area (Å²) in [5.74, 6) is -0.523. The minimum Gasteiger partial charge on any atom is -0.497 e. The summed E-state index contributed by atoms with van der Waals surface area (Å²) in [4.78, 5) is 36.0. The van der Waals surface area contributed by atoms with Crippen molar-refractivity contribution in [2.75, 3.05) is 7.11 Å². The summed E-state index contributed by atoms with van der Waals surface area (Å²) in [5.41, 5.74) is 0.698. The number of methoxy groups -OCH3 is 1. The van der Waals surface area contributed by atoms with Gasteiger partial charge < -0.3 is 4.74 Å². The highest BCUT2D eigenvalue weighted by Crippen LogP contribution is 2.18. The van der Waals surface area contributed by atoms with E-state index < -0.39 is 5.78 Å². The van der Waals surface area contributed by atoms with Crippen molar-refractivity contribution in [3.8, 4) is 5.75 Å². The van der Waals surface area contributed by atoms with Crippen molar-refractivity contribution in [1.29, 1.82) is 0 Å². The quantitative estimate of drug-likeness (QED) is 0.573. The third-order valence-corrected chi connectivity index (χ3v) is 3.63. The standard InChI is InChI=1S/C18H15ClO4/c1-23-14-8-6-12(7-9-14)17(21)10-13(20)11-18(22)15-4-2-3-5-16(15)19/h2-9H,10-11H2,1H3. The molecule has 2 rings (SSSR count). The fourth-order valence-corrected chi connectivity index (χ4v) is 2.32. The first kappa shape index (κ1) is 16.9. The van der Waals surface area contributed by atoms with Crippen LogP contribution < -0.4 is 4.74 Å². The van der Waals surface area contributed by atoms with E-state index in [-0.39, 0.29) is 24.4 Å². The molecule has 5 heteroatoms. The van der Waals surface area contributed by atoms with E-state index >= 15 is 0 Å². The number of ether oxygens (including phenoxy) is 1. The maximum absolute atomic E-state index is 12.0. The summed E-state index contributed by atoms with van der Waals surface area (Å²) in [6.07, 6.45) is -0.659. The maximum Gasteiger partial charge on any atom is 0.171 e. The zero-order valence-corrected chi connectivity index (χ0v) is 13.3. The molecule has 0 saturated carbocycles. The van der Waals surface area contributed by atoms with Gasteiger partial charge in [-0.15, -0.1) is 0 Å². The van der Waals surface area contributed by atoms with Gasteiger partial charge in [-0.3, -0.25) is 14.4 Å². The molecule has 23 heavy (non-hydrogen) atoms. The van der Waals surface area contributed by atoms with E-state index in [1.165, 1.54) is 7.11 Å². The molecule has 0 aliphatic heterocycles. The predicted octanol–water partition coefficient (Wildman–Crippen LogP) is 3.76. The highest BCUT2D eigenvalue weighted by Gasteiger charge is 2.17. The molecule has 4 nitrogen and oxygen atoms in total. The first-order valence-corrected chi connectivity index (χ1v) is 7.35. The van der Waals surface area contributed by atoms with Gasteiger partial charge in [-0.2, -0.15) is 0 Å². The van der Waals surface area contributed by atoms with Gasteiger partial charge in [-0.05, 0) is 36.4 Å². The highest BCUT2D eigenvalue weighted by atomic mass is 35.5. The number of halogens is 1. The Morgan fingerprint density at radius 1 is 0.913 bits per heavy atom. The molecule has 0 atom stereocenters. The minimum atomic E-state index is -0.435. The van der Waals surface area contributed by atoms with Gasteiger partial charge in [-0.1, -0.05) is 23.7 Å². The molecule has 0 amide bonds. The Bertz CT molecular complexity index is 735. The third-order valence-electron chi connectivity index (χ3n) is 3.30. The molecule has 0 bridgehead atoms. The van der Waals surface area contributed by atoms with E-state index in [2.05, 4.69) is 0 Å². The van der Waals surface area contributed by atoms with E-state index in [0.29, 0.717) is 21.9 Å². The molecule has 118 valence electrons. The van der Waals surface area contributed by atoms with E-state index in [1.807, 2.05) is 0 Å². The number of Topliss-reactive ketones (excluding diaryl/α,β-unsaturated/α-hetero) is 3. The topological polar surface area (TPSA) is 60.4 Å². The van der Waals surface area contributed by atoms with E-state index in [0.717, 1.165) is 0 Å². The summed E-state index contributed by atoms with van der Waals surface area (Å²) in [7, 11) is 1.53. The van der Waals surface area contributed by atoms with Crippen molar-refractivity contribution < 1.29 is 19.1 Å². The fraction of sp³-hybridized carbons (Fsp3) is 0.167. The largest absolute Gasteiger partial charge is 0.497 e. The van der Waals surface area contributed by atoms with E-state index in [9.17, 15) is 14.4 Å². The average molecular weight is 331 g/mol. The van der Waals surface area contributed by atoms with Gasteiger partial charge in [0.15, 0.2) is 11.6 Å². The van der Waals surface area contributed by atoms with Crippen LogP contribution in [0.5, 0.6) is 5.75 Å². The lowest BCUT2D eigenvalue weighted by atomic mass is 10.0. The van der Waals surface area contributed by atoms with Crippen molar-refractivity contribution in [2.24, 2.45) is 0 Å². The van der Waals surface area contributed by atoms with Gasteiger partial charge in [0.05, 0.1) is 25.0 Å². The summed E-state index contributed by atoms with van der Waals surface area (Å²) < 4.78 is 5.01. The maximum atomic E-state index is 12.0. The lowest BCUT2D eigenvalue weighted by Gasteiger charge is -2.04. The Morgan fingerprint density at radius 3 is 2.13 bits per heavy atom. The number of carbonyl (C=O) groups excluding carboxylic acids is 3. The lowest BCUT2D eigenvalue weighted by molar-refractivity contribution is -0.117. The summed E-state index contributed by atoms with van der Waals surface area (Å²) in [6, 6.07) is 13.0. The highest BCUT2D eigenvalue weighted by molar-refractivity contribution is 6.34. The molecule has 0 saturated heterocycles. The van der Waals surface area contributed by atoms with Crippen molar-refractivity contribution >= 4 is 29.0 Å². The Labute approximate surface area is 139 Å². The van der Waals surface area contributed by atoms with E-state index in [4.69, 9.17) is 16.3 Å². The molecule has 0 aromatic heterocycles. The molecule has 0 unspecified atom stereocenters. The SMILES string of the molecule is COc1ccc(C(=O)CC(=O)CC(=O)c2ccccc2Cl)cc1. The molecular weight excluding hydrogens is 316 g/mol. The zero-order valence-electron chi connectivity index (χ0n) is 12.5. The van der Waals surface area contributed by atoms with Crippen LogP contribution in [0.25, 0.3) is 0 Å². The van der Waals surface area contributed by atoms with Crippen LogP contribution in [0.3, 0.4) is 0 Å². The van der Waals surface area contributed by atoms with Crippen LogP contribution in [0.4, 0.5) is 0 Å². The van der Waals surface area contributed by atoms with Gasteiger partial charge in [-0.25, -0.2) is 0 Å². The molecule has 2 aromatic rings. The number of hydrogen-bond acceptors (Lipinski definition) is 4. The van der Waals surface area contributed by atoms with Crippen LogP contribution in [0, 0.1) is 0 Å². The van der Waals surface area contributed by atoms with Crippen molar-refractivity contribution in [3.05, 3.63) is 64.7 Å². The second-order valence-corrected chi connectivity index (χ2v) is 5.35. The van der Waals surface area contributed by atoms with E-state index in [1.54, 1.807) is 48.5 Å². The minimum absolute atomic E-state index is 0.291. The van der Waals surface area contributed by atoms with Gasteiger partial charge in [0.2, 0.25) is 0 Å². The van der Waals surface area contributed by atoms with Crippen LogP contribution in [-0.2, 0) is 4.79 Å². The van der Waals surface area contributed by atoms with Gasteiger partial charge in [0.1, 0.15) is 11.5 Å². The number of benzene rings is 2. The molecule has 0 radical (unpaired) electrons. The normalized spacial score (nSPS) is 10.2. The average Bonchev–Trinajstić information content (AvgIpc) is 2.55. The molecule has 0 spiro atoms. The van der Waals surface area contributed by atoms with Crippen LogP contribution in [-0.4, -0.2) is 24.5 Å². The first-order chi connectivity index (χ1) is 11.0. The van der Waals surface area contributed by atoms with Crippen LogP contribution in [0.1, 0.15) is 33.6 Å². The Hall–Kier alpha value is -2.46. The molecule has 2 aromatic carbocycles. The van der Waals surface area contributed by atoms with Crippen LogP contribution in [0.15, 0.2) is 48.5 Å². The monoisotopic (exact) mass is 330 g/mol. The Morgan fingerprint density at radius 2 is 1.52 bits per heavy atom. The zero-order chi connectivity index (χ0) is 16.8. The van der Waals surface area contributed by atoms with Crippen LogP contribution >= 0.6 is 11.6 Å². The smallest absolute Gasteiger partial charge is 0.171 e. The first-order valence-electron chi connectivity index (χ1n) is 6.98. The van der Waals surface area contributed by atoms with Gasteiger partial charge >= 0.3 is 0 Å². The van der Waals surface area contributed by atoms with Gasteiger partial charge in [0.25, 0.3) is 0 Å². The lowest BCUT2D eigenvalue weighted by Crippen LogP contribution is -2.13. The van der Waals surface area contributed by atoms with Crippen molar-refractivity contribution in [3.63, 3.8) is 0 Å². The summed E-state index contributed by atoms with van der Waals surface area (Å²) in [6.45, 7) is 0. The van der Waals surface area contributed by atoms with Crippen molar-refractivity contribution in [1.82, 2.24) is 0 Å². The molecular formula is C18H15ClO4. The number of carbonyl (C=O) groups is 3. The second kappa shape index (κ2) is 7.70. The second-order valence-electron chi connectivity index (χ2n) is 4.95. The number of hydrogen-bond donors (Lipinski definition) is 0. The Kier molecular flexibility index (Phi) is 5.66. The van der Waals surface area contributed by atoms with Crippen molar-refractivity contribution in [2.45, 2.75) is 12.8 Å². The number of ketones is 3. The molecule has 0 N–H and O–H groups in total. The summed E-state index contributed by atoms with van der Waals surface area (Å²) in [5, 5.41) is 0.298.